The second-order valence-corrected chi connectivity index (χ2v) is 7.91. The Bertz CT molecular complexity index is 632. The van der Waals surface area contributed by atoms with Crippen molar-refractivity contribution in [2.45, 2.75) is 24.3 Å². The molecule has 1 saturated heterocycles. The van der Waals surface area contributed by atoms with E-state index in [1.165, 1.54) is 16.4 Å². The zero-order valence-electron chi connectivity index (χ0n) is 11.2. The maximum absolute atomic E-state index is 12.6. The van der Waals surface area contributed by atoms with Crippen molar-refractivity contribution in [2.75, 3.05) is 25.4 Å². The summed E-state index contributed by atoms with van der Waals surface area (Å²) in [6.45, 7) is 4.56. The number of ether oxygens (including phenoxy) is 1. The van der Waals surface area contributed by atoms with Crippen molar-refractivity contribution >= 4 is 38.9 Å². The first-order valence-corrected chi connectivity index (χ1v) is 8.22. The van der Waals surface area contributed by atoms with Crippen molar-refractivity contribution in [3.8, 4) is 0 Å². The van der Waals surface area contributed by atoms with Gasteiger partial charge in [-0.2, -0.15) is 4.31 Å². The van der Waals surface area contributed by atoms with Gasteiger partial charge in [0.25, 0.3) is 0 Å². The zero-order valence-corrected chi connectivity index (χ0v) is 13.5. The van der Waals surface area contributed by atoms with Crippen LogP contribution < -0.4 is 5.73 Å². The number of sulfonamides is 1. The highest BCUT2D eigenvalue weighted by Crippen LogP contribution is 2.35. The lowest BCUT2D eigenvalue weighted by atomic mass is 10.1. The molecule has 112 valence electrons. The third-order valence-corrected chi connectivity index (χ3v) is 5.84. The molecule has 0 aromatic heterocycles. The van der Waals surface area contributed by atoms with Crippen LogP contribution >= 0.6 is 23.2 Å². The van der Waals surface area contributed by atoms with Crippen LogP contribution in [0, 0.1) is 0 Å². The van der Waals surface area contributed by atoms with Gasteiger partial charge in [-0.05, 0) is 26.0 Å². The van der Waals surface area contributed by atoms with Gasteiger partial charge in [-0.15, -0.1) is 0 Å². The topological polar surface area (TPSA) is 72.6 Å². The highest BCUT2D eigenvalue weighted by molar-refractivity contribution is 7.89. The molecule has 2 rings (SSSR count). The lowest BCUT2D eigenvalue weighted by Crippen LogP contribution is -2.50. The van der Waals surface area contributed by atoms with Gasteiger partial charge in [0.05, 0.1) is 27.9 Å². The van der Waals surface area contributed by atoms with Gasteiger partial charge in [-0.1, -0.05) is 23.2 Å². The molecular formula is C12H16Cl2N2O3S. The number of rotatable bonds is 2. The summed E-state index contributed by atoms with van der Waals surface area (Å²) >= 11 is 11.9. The molecule has 0 spiro atoms. The molecule has 0 radical (unpaired) electrons. The summed E-state index contributed by atoms with van der Waals surface area (Å²) < 4.78 is 32.2. The zero-order chi connectivity index (χ0) is 15.1. The van der Waals surface area contributed by atoms with Crippen LogP contribution in [0.15, 0.2) is 17.0 Å². The van der Waals surface area contributed by atoms with Crippen molar-refractivity contribution in [3.63, 3.8) is 0 Å². The largest absolute Gasteiger partial charge is 0.396 e. The van der Waals surface area contributed by atoms with Gasteiger partial charge in [0.1, 0.15) is 4.90 Å². The van der Waals surface area contributed by atoms with Crippen LogP contribution in [0.4, 0.5) is 5.69 Å². The number of nitrogens with two attached hydrogens (primary N) is 1. The molecule has 8 heteroatoms. The fraction of sp³-hybridized carbons (Fsp3) is 0.500. The lowest BCUT2D eigenvalue weighted by molar-refractivity contribution is -0.0640. The molecular weight excluding hydrogens is 323 g/mol. The van der Waals surface area contributed by atoms with Gasteiger partial charge in [0.2, 0.25) is 10.0 Å². The number of benzene rings is 1. The number of hydrogen-bond donors (Lipinski definition) is 1. The molecule has 2 N–H and O–H groups in total. The Morgan fingerprint density at radius 1 is 1.35 bits per heavy atom. The van der Waals surface area contributed by atoms with E-state index in [0.29, 0.717) is 6.61 Å². The molecule has 1 aliphatic heterocycles. The van der Waals surface area contributed by atoms with Crippen LogP contribution in [0.2, 0.25) is 10.0 Å². The van der Waals surface area contributed by atoms with Crippen LogP contribution in [-0.2, 0) is 14.8 Å². The van der Waals surface area contributed by atoms with E-state index in [2.05, 4.69) is 0 Å². The van der Waals surface area contributed by atoms with E-state index in [4.69, 9.17) is 33.7 Å². The first-order chi connectivity index (χ1) is 9.15. The Hall–Kier alpha value is -0.530. The van der Waals surface area contributed by atoms with Gasteiger partial charge in [-0.3, -0.25) is 0 Å². The Morgan fingerprint density at radius 2 is 2.00 bits per heavy atom. The highest BCUT2D eigenvalue weighted by Gasteiger charge is 2.36. The summed E-state index contributed by atoms with van der Waals surface area (Å²) in [7, 11) is -3.72. The average Bonchev–Trinajstić information content (AvgIpc) is 2.34. The third-order valence-electron chi connectivity index (χ3n) is 3.10. The van der Waals surface area contributed by atoms with Crippen molar-refractivity contribution in [1.82, 2.24) is 4.31 Å². The fourth-order valence-electron chi connectivity index (χ4n) is 2.07. The van der Waals surface area contributed by atoms with Crippen LogP contribution in [0.1, 0.15) is 13.8 Å². The van der Waals surface area contributed by atoms with Gasteiger partial charge < -0.3 is 10.5 Å². The second-order valence-electron chi connectivity index (χ2n) is 5.22. The van der Waals surface area contributed by atoms with E-state index < -0.39 is 15.6 Å². The maximum atomic E-state index is 12.6. The van der Waals surface area contributed by atoms with Gasteiger partial charge in [0.15, 0.2) is 0 Å². The van der Waals surface area contributed by atoms with Crippen LogP contribution in [0.5, 0.6) is 0 Å². The van der Waals surface area contributed by atoms with Crippen molar-refractivity contribution < 1.29 is 13.2 Å². The molecule has 0 bridgehead atoms. The van der Waals surface area contributed by atoms with Gasteiger partial charge in [0, 0.05) is 13.1 Å². The monoisotopic (exact) mass is 338 g/mol. The summed E-state index contributed by atoms with van der Waals surface area (Å²) in [4.78, 5) is -0.0289. The van der Waals surface area contributed by atoms with E-state index in [1.54, 1.807) is 0 Å². The van der Waals surface area contributed by atoms with E-state index in [9.17, 15) is 8.42 Å². The molecule has 1 aliphatic rings. The van der Waals surface area contributed by atoms with Crippen molar-refractivity contribution in [2.24, 2.45) is 0 Å². The molecule has 0 aliphatic carbocycles. The maximum Gasteiger partial charge on any atom is 0.244 e. The first-order valence-electron chi connectivity index (χ1n) is 6.03. The highest BCUT2D eigenvalue weighted by atomic mass is 35.5. The molecule has 5 nitrogen and oxygen atoms in total. The predicted octanol–water partition coefficient (Wildman–Crippen LogP) is 2.38. The minimum atomic E-state index is -3.72. The molecule has 1 heterocycles. The third kappa shape index (κ3) is 2.89. The number of hydrogen-bond acceptors (Lipinski definition) is 4. The van der Waals surface area contributed by atoms with Crippen LogP contribution in [0.25, 0.3) is 0 Å². The van der Waals surface area contributed by atoms with Gasteiger partial charge in [-0.25, -0.2) is 8.42 Å². The first kappa shape index (κ1) is 15.9. The van der Waals surface area contributed by atoms with E-state index in [-0.39, 0.29) is 33.7 Å². The Kier molecular flexibility index (Phi) is 4.24. The van der Waals surface area contributed by atoms with Crippen LogP contribution in [0.3, 0.4) is 0 Å². The minimum Gasteiger partial charge on any atom is -0.396 e. The molecule has 0 amide bonds. The van der Waals surface area contributed by atoms with E-state index in [1.807, 2.05) is 13.8 Å². The lowest BCUT2D eigenvalue weighted by Gasteiger charge is -2.37. The summed E-state index contributed by atoms with van der Waals surface area (Å²) in [6.07, 6.45) is 0. The van der Waals surface area contributed by atoms with Crippen LogP contribution in [-0.4, -0.2) is 38.0 Å². The van der Waals surface area contributed by atoms with E-state index in [0.717, 1.165) is 0 Å². The molecule has 1 aromatic rings. The molecule has 0 unspecified atom stereocenters. The number of anilines is 1. The smallest absolute Gasteiger partial charge is 0.244 e. The summed E-state index contributed by atoms with van der Waals surface area (Å²) in [5, 5.41) is 0.193. The number of nitrogen functional groups attached to an aromatic ring is 1. The Balaban J connectivity index is 2.43. The summed E-state index contributed by atoms with van der Waals surface area (Å²) in [6, 6.07) is 2.81. The molecule has 0 atom stereocenters. The molecule has 20 heavy (non-hydrogen) atoms. The summed E-state index contributed by atoms with van der Waals surface area (Å²) in [5.74, 6) is 0. The van der Waals surface area contributed by atoms with Crippen molar-refractivity contribution in [3.05, 3.63) is 22.2 Å². The quantitative estimate of drug-likeness (QED) is 0.840. The molecule has 1 fully saturated rings. The average molecular weight is 339 g/mol. The predicted molar refractivity (Wildman–Crippen MR) is 79.7 cm³/mol. The standard InChI is InChI=1S/C12H16Cl2N2O3S/c1-12(2)7-16(5-6-19-12)20(17,18)9-4-3-8(13)11(15)10(9)14/h3-4H,5-7,15H2,1-2H3. The molecule has 0 saturated carbocycles. The molecule has 1 aromatic carbocycles. The SMILES string of the molecule is CC1(C)CN(S(=O)(=O)c2ccc(Cl)c(N)c2Cl)CCO1. The number of halogens is 2. The second kappa shape index (κ2) is 5.35. The van der Waals surface area contributed by atoms with E-state index >= 15 is 0 Å². The van der Waals surface area contributed by atoms with Gasteiger partial charge >= 0.3 is 0 Å². The Labute approximate surface area is 128 Å². The Morgan fingerprint density at radius 3 is 2.60 bits per heavy atom. The minimum absolute atomic E-state index is 0.0289. The number of morpholine rings is 1. The number of nitrogens with zero attached hydrogens (tertiary/aromatic N) is 1. The fourth-order valence-corrected chi connectivity index (χ4v) is 4.38. The van der Waals surface area contributed by atoms with Crippen molar-refractivity contribution in [1.29, 1.82) is 0 Å². The summed E-state index contributed by atoms with van der Waals surface area (Å²) in [5.41, 5.74) is 5.23. The normalized spacial score (nSPS) is 20.0.